The van der Waals surface area contributed by atoms with Gasteiger partial charge in [-0.2, -0.15) is 0 Å². The van der Waals surface area contributed by atoms with Gasteiger partial charge in [0.2, 0.25) is 0 Å². The van der Waals surface area contributed by atoms with Gasteiger partial charge in [-0.15, -0.1) is 0 Å². The highest BCUT2D eigenvalue weighted by molar-refractivity contribution is 4.78. The number of methoxy groups -OCH3 is 1. The molecule has 0 aromatic rings. The largest absolute Gasteiger partial charge is 0.380 e. The molecule has 2 heteroatoms. The smallest absolute Gasteiger partial charge is 0.0724 e. The summed E-state index contributed by atoms with van der Waals surface area (Å²) in [6.07, 6.45) is 12.8. The van der Waals surface area contributed by atoms with Crippen LogP contribution in [0.3, 0.4) is 0 Å². The van der Waals surface area contributed by atoms with Crippen molar-refractivity contribution in [1.29, 1.82) is 0 Å². The van der Waals surface area contributed by atoms with E-state index < -0.39 is 0 Å². The maximum absolute atomic E-state index is 5.68. The van der Waals surface area contributed by atoms with Crippen LogP contribution in [0.1, 0.15) is 71.6 Å². The van der Waals surface area contributed by atoms with Gasteiger partial charge in [0, 0.05) is 13.2 Å². The van der Waals surface area contributed by atoms with E-state index in [9.17, 15) is 0 Å². The second kappa shape index (κ2) is 9.80. The first kappa shape index (κ1) is 16.0. The van der Waals surface area contributed by atoms with Crippen LogP contribution < -0.4 is 5.32 Å². The Labute approximate surface area is 114 Å². The van der Waals surface area contributed by atoms with Crippen molar-refractivity contribution in [3.05, 3.63) is 0 Å². The molecule has 0 aliphatic heterocycles. The quantitative estimate of drug-likeness (QED) is 0.668. The lowest BCUT2D eigenvalue weighted by Gasteiger charge is -2.29. The van der Waals surface area contributed by atoms with Gasteiger partial charge < -0.3 is 10.1 Å². The summed E-state index contributed by atoms with van der Waals surface area (Å²) in [6.45, 7) is 5.50. The van der Waals surface area contributed by atoms with E-state index in [1.807, 2.05) is 7.11 Å². The van der Waals surface area contributed by atoms with Gasteiger partial charge in [-0.05, 0) is 31.7 Å². The van der Waals surface area contributed by atoms with Gasteiger partial charge in [0.15, 0.2) is 0 Å². The summed E-state index contributed by atoms with van der Waals surface area (Å²) >= 11 is 0. The molecule has 0 saturated heterocycles. The SMILES string of the molecule is CCCC(OC)C(CCC1CCCCC1)NCC. The number of hydrogen-bond acceptors (Lipinski definition) is 2. The van der Waals surface area contributed by atoms with Crippen LogP contribution >= 0.6 is 0 Å². The highest BCUT2D eigenvalue weighted by atomic mass is 16.5. The molecular weight excluding hydrogens is 222 g/mol. The van der Waals surface area contributed by atoms with Gasteiger partial charge in [0.25, 0.3) is 0 Å². The minimum Gasteiger partial charge on any atom is -0.380 e. The third-order valence-corrected chi connectivity index (χ3v) is 4.40. The average Bonchev–Trinajstić information content (AvgIpc) is 2.42. The summed E-state index contributed by atoms with van der Waals surface area (Å²) in [5.41, 5.74) is 0. The van der Waals surface area contributed by atoms with Gasteiger partial charge in [0.1, 0.15) is 0 Å². The average molecular weight is 255 g/mol. The molecule has 0 radical (unpaired) electrons. The van der Waals surface area contributed by atoms with E-state index in [1.54, 1.807) is 0 Å². The molecule has 2 unspecified atom stereocenters. The first-order valence-electron chi connectivity index (χ1n) is 8.07. The molecule has 0 bridgehead atoms. The van der Waals surface area contributed by atoms with Crippen molar-refractivity contribution < 1.29 is 4.74 Å². The second-order valence-electron chi connectivity index (χ2n) is 5.81. The predicted octanol–water partition coefficient (Wildman–Crippen LogP) is 4.14. The van der Waals surface area contributed by atoms with Crippen LogP contribution in [0.4, 0.5) is 0 Å². The van der Waals surface area contributed by atoms with E-state index in [2.05, 4.69) is 19.2 Å². The fourth-order valence-corrected chi connectivity index (χ4v) is 3.34. The van der Waals surface area contributed by atoms with Crippen LogP contribution in [0.2, 0.25) is 0 Å². The van der Waals surface area contributed by atoms with Gasteiger partial charge in [0.05, 0.1) is 6.10 Å². The van der Waals surface area contributed by atoms with Crippen LogP contribution in [-0.2, 0) is 4.74 Å². The summed E-state index contributed by atoms with van der Waals surface area (Å²) in [7, 11) is 1.87. The van der Waals surface area contributed by atoms with E-state index in [0.29, 0.717) is 12.1 Å². The topological polar surface area (TPSA) is 21.3 Å². The first-order chi connectivity index (χ1) is 8.81. The molecule has 1 rings (SSSR count). The molecule has 0 spiro atoms. The van der Waals surface area contributed by atoms with Crippen LogP contribution in [0.15, 0.2) is 0 Å². The molecule has 18 heavy (non-hydrogen) atoms. The number of likely N-dealkylation sites (N-methyl/N-ethyl adjacent to an activating group) is 1. The number of rotatable bonds is 9. The molecule has 108 valence electrons. The van der Waals surface area contributed by atoms with E-state index >= 15 is 0 Å². The summed E-state index contributed by atoms with van der Waals surface area (Å²) < 4.78 is 5.68. The van der Waals surface area contributed by atoms with Gasteiger partial charge in [-0.3, -0.25) is 0 Å². The standard InChI is InChI=1S/C16H33NO/c1-4-9-16(18-3)15(17-5-2)13-12-14-10-7-6-8-11-14/h14-17H,4-13H2,1-3H3. The van der Waals surface area contributed by atoms with Crippen molar-refractivity contribution in [1.82, 2.24) is 5.32 Å². The monoisotopic (exact) mass is 255 g/mol. The molecule has 0 amide bonds. The third-order valence-electron chi connectivity index (χ3n) is 4.40. The van der Waals surface area contributed by atoms with Crippen molar-refractivity contribution in [3.63, 3.8) is 0 Å². The van der Waals surface area contributed by atoms with Gasteiger partial charge in [-0.1, -0.05) is 52.4 Å². The van der Waals surface area contributed by atoms with Gasteiger partial charge >= 0.3 is 0 Å². The first-order valence-corrected chi connectivity index (χ1v) is 8.07. The molecule has 1 aliphatic rings. The fourth-order valence-electron chi connectivity index (χ4n) is 3.34. The van der Waals surface area contributed by atoms with Crippen LogP contribution in [0.25, 0.3) is 0 Å². The summed E-state index contributed by atoms with van der Waals surface area (Å²) in [6, 6.07) is 0.557. The van der Waals surface area contributed by atoms with Crippen LogP contribution in [0.5, 0.6) is 0 Å². The number of nitrogens with one attached hydrogen (secondary N) is 1. The van der Waals surface area contributed by atoms with Crippen molar-refractivity contribution in [2.24, 2.45) is 5.92 Å². The lowest BCUT2D eigenvalue weighted by Crippen LogP contribution is -2.41. The summed E-state index contributed by atoms with van der Waals surface area (Å²) in [5, 5.41) is 3.63. The lowest BCUT2D eigenvalue weighted by atomic mass is 9.84. The molecular formula is C16H33NO. The van der Waals surface area contributed by atoms with Crippen molar-refractivity contribution in [2.75, 3.05) is 13.7 Å². The maximum Gasteiger partial charge on any atom is 0.0724 e. The Hall–Kier alpha value is -0.0800. The molecule has 2 atom stereocenters. The molecule has 1 fully saturated rings. The normalized spacial score (nSPS) is 20.8. The molecule has 0 aromatic carbocycles. The van der Waals surface area contributed by atoms with Crippen LogP contribution in [0, 0.1) is 5.92 Å². The summed E-state index contributed by atoms with van der Waals surface area (Å²) in [4.78, 5) is 0. The van der Waals surface area contributed by atoms with E-state index in [1.165, 1.54) is 57.8 Å². The fraction of sp³-hybridized carbons (Fsp3) is 1.00. The van der Waals surface area contributed by atoms with E-state index in [4.69, 9.17) is 4.74 Å². The van der Waals surface area contributed by atoms with Gasteiger partial charge in [-0.25, -0.2) is 0 Å². The Morgan fingerprint density at radius 2 is 1.83 bits per heavy atom. The lowest BCUT2D eigenvalue weighted by molar-refractivity contribution is 0.0558. The van der Waals surface area contributed by atoms with Crippen molar-refractivity contribution >= 4 is 0 Å². The van der Waals surface area contributed by atoms with Crippen molar-refractivity contribution in [2.45, 2.75) is 83.8 Å². The zero-order valence-electron chi connectivity index (χ0n) is 12.7. The van der Waals surface area contributed by atoms with E-state index in [0.717, 1.165) is 12.5 Å². The highest BCUT2D eigenvalue weighted by Crippen LogP contribution is 2.28. The molecule has 1 saturated carbocycles. The molecule has 1 aliphatic carbocycles. The maximum atomic E-state index is 5.68. The number of hydrogen-bond donors (Lipinski definition) is 1. The highest BCUT2D eigenvalue weighted by Gasteiger charge is 2.21. The second-order valence-corrected chi connectivity index (χ2v) is 5.81. The minimum atomic E-state index is 0.401. The predicted molar refractivity (Wildman–Crippen MR) is 79.0 cm³/mol. The Bertz CT molecular complexity index is 190. The Balaban J connectivity index is 2.34. The molecule has 0 aromatic heterocycles. The van der Waals surface area contributed by atoms with E-state index in [-0.39, 0.29) is 0 Å². The zero-order chi connectivity index (χ0) is 13.2. The molecule has 2 nitrogen and oxygen atoms in total. The van der Waals surface area contributed by atoms with Crippen molar-refractivity contribution in [3.8, 4) is 0 Å². The minimum absolute atomic E-state index is 0.401. The number of ether oxygens (including phenoxy) is 1. The summed E-state index contributed by atoms with van der Waals surface area (Å²) in [5.74, 6) is 0.985. The molecule has 0 heterocycles. The zero-order valence-corrected chi connectivity index (χ0v) is 12.7. The third kappa shape index (κ3) is 5.71. The Morgan fingerprint density at radius 1 is 1.11 bits per heavy atom. The van der Waals surface area contributed by atoms with Crippen LogP contribution in [-0.4, -0.2) is 25.8 Å². The Kier molecular flexibility index (Phi) is 8.70. The molecule has 1 N–H and O–H groups in total. The Morgan fingerprint density at radius 3 is 2.39 bits per heavy atom.